The van der Waals surface area contributed by atoms with E-state index in [1.54, 1.807) is 0 Å². The highest BCUT2D eigenvalue weighted by Gasteiger charge is 2.39. The van der Waals surface area contributed by atoms with E-state index in [4.69, 9.17) is 4.74 Å². The molecule has 1 aliphatic carbocycles. The van der Waals surface area contributed by atoms with Crippen LogP contribution in [0.5, 0.6) is 0 Å². The Morgan fingerprint density at radius 3 is 2.50 bits per heavy atom. The van der Waals surface area contributed by atoms with Crippen LogP contribution in [0.15, 0.2) is 0 Å². The summed E-state index contributed by atoms with van der Waals surface area (Å²) in [4.78, 5) is 14.7. The van der Waals surface area contributed by atoms with Gasteiger partial charge in [-0.15, -0.1) is 0 Å². The molecular weight excluding hydrogens is 252 g/mol. The van der Waals surface area contributed by atoms with Crippen molar-refractivity contribution in [3.8, 4) is 0 Å². The highest BCUT2D eigenvalue weighted by Crippen LogP contribution is 2.25. The Bertz CT molecular complexity index is 303. The zero-order valence-corrected chi connectivity index (χ0v) is 13.9. The maximum Gasteiger partial charge on any atom is 0.326 e. The van der Waals surface area contributed by atoms with Gasteiger partial charge in [-0.2, -0.15) is 0 Å². The van der Waals surface area contributed by atoms with Crippen LogP contribution in [-0.4, -0.2) is 48.7 Å². The summed E-state index contributed by atoms with van der Waals surface area (Å²) in [6.07, 6.45) is 3.17. The number of carbonyl (C=O) groups is 1. The standard InChI is InChI=1S/C16H32N2O2/c1-6-18(12-13(3)4)11-10-16(5,15(19)20-7-2)17-14-8-9-14/h13-14,17H,6-12H2,1-5H3. The van der Waals surface area contributed by atoms with Crippen molar-refractivity contribution in [2.45, 2.75) is 65.5 Å². The van der Waals surface area contributed by atoms with Gasteiger partial charge in [0.25, 0.3) is 0 Å². The first kappa shape index (κ1) is 17.4. The SMILES string of the molecule is CCOC(=O)C(C)(CCN(CC)CC(C)C)NC1CC1. The van der Waals surface area contributed by atoms with E-state index in [-0.39, 0.29) is 5.97 Å². The van der Waals surface area contributed by atoms with Crippen molar-refractivity contribution in [2.24, 2.45) is 5.92 Å². The summed E-state index contributed by atoms with van der Waals surface area (Å²) >= 11 is 0. The van der Waals surface area contributed by atoms with Crippen LogP contribution in [0.25, 0.3) is 0 Å². The summed E-state index contributed by atoms with van der Waals surface area (Å²) in [5.41, 5.74) is -0.540. The molecule has 4 nitrogen and oxygen atoms in total. The van der Waals surface area contributed by atoms with Gasteiger partial charge in [-0.05, 0) is 45.6 Å². The lowest BCUT2D eigenvalue weighted by molar-refractivity contribution is -0.151. The summed E-state index contributed by atoms with van der Waals surface area (Å²) in [5, 5.41) is 3.48. The second-order valence-corrected chi connectivity index (χ2v) is 6.51. The van der Waals surface area contributed by atoms with Gasteiger partial charge in [-0.3, -0.25) is 10.1 Å². The van der Waals surface area contributed by atoms with Crippen LogP contribution in [0.3, 0.4) is 0 Å². The maximum absolute atomic E-state index is 12.2. The third-order valence-corrected chi connectivity index (χ3v) is 3.82. The van der Waals surface area contributed by atoms with E-state index < -0.39 is 5.54 Å². The molecule has 4 heteroatoms. The van der Waals surface area contributed by atoms with Gasteiger partial charge >= 0.3 is 5.97 Å². The Hall–Kier alpha value is -0.610. The normalized spacial score (nSPS) is 18.4. The first-order chi connectivity index (χ1) is 9.41. The molecule has 0 aromatic carbocycles. The number of rotatable bonds is 10. The molecule has 1 aliphatic rings. The van der Waals surface area contributed by atoms with Gasteiger partial charge in [0.15, 0.2) is 0 Å². The van der Waals surface area contributed by atoms with Crippen molar-refractivity contribution in [3.63, 3.8) is 0 Å². The monoisotopic (exact) mass is 284 g/mol. The Morgan fingerprint density at radius 1 is 1.40 bits per heavy atom. The molecule has 0 aliphatic heterocycles. The summed E-state index contributed by atoms with van der Waals surface area (Å²) in [5.74, 6) is 0.549. The van der Waals surface area contributed by atoms with E-state index >= 15 is 0 Å². The van der Waals surface area contributed by atoms with Crippen molar-refractivity contribution >= 4 is 5.97 Å². The number of hydrogen-bond donors (Lipinski definition) is 1. The highest BCUT2D eigenvalue weighted by molar-refractivity contribution is 5.80. The molecule has 1 fully saturated rings. The highest BCUT2D eigenvalue weighted by atomic mass is 16.5. The molecule has 0 aromatic heterocycles. The summed E-state index contributed by atoms with van der Waals surface area (Å²) < 4.78 is 5.26. The Labute approximate surface area is 124 Å². The molecule has 0 amide bonds. The smallest absolute Gasteiger partial charge is 0.326 e. The minimum Gasteiger partial charge on any atom is -0.465 e. The number of nitrogens with one attached hydrogen (secondary N) is 1. The zero-order chi connectivity index (χ0) is 15.2. The van der Waals surface area contributed by atoms with Crippen molar-refractivity contribution in [1.29, 1.82) is 0 Å². The van der Waals surface area contributed by atoms with E-state index in [1.165, 1.54) is 12.8 Å². The minimum atomic E-state index is -0.540. The number of ether oxygens (including phenoxy) is 1. The van der Waals surface area contributed by atoms with Gasteiger partial charge in [0.05, 0.1) is 6.61 Å². The lowest BCUT2D eigenvalue weighted by Crippen LogP contribution is -2.53. The average Bonchev–Trinajstić information content (AvgIpc) is 3.18. The average molecular weight is 284 g/mol. The molecule has 118 valence electrons. The van der Waals surface area contributed by atoms with Gasteiger partial charge in [0.1, 0.15) is 5.54 Å². The van der Waals surface area contributed by atoms with Crippen LogP contribution in [0.2, 0.25) is 0 Å². The molecule has 0 aromatic rings. The largest absolute Gasteiger partial charge is 0.465 e. The predicted octanol–water partition coefficient (Wildman–Crippen LogP) is 2.43. The van der Waals surface area contributed by atoms with E-state index in [0.717, 1.165) is 26.1 Å². The van der Waals surface area contributed by atoms with Crippen molar-refractivity contribution in [2.75, 3.05) is 26.2 Å². The van der Waals surface area contributed by atoms with E-state index in [0.29, 0.717) is 18.6 Å². The first-order valence-electron chi connectivity index (χ1n) is 8.08. The van der Waals surface area contributed by atoms with Crippen LogP contribution < -0.4 is 5.32 Å². The van der Waals surface area contributed by atoms with Gasteiger partial charge in [-0.25, -0.2) is 0 Å². The molecule has 1 saturated carbocycles. The quantitative estimate of drug-likeness (QED) is 0.626. The van der Waals surface area contributed by atoms with Crippen LogP contribution >= 0.6 is 0 Å². The molecule has 1 rings (SSSR count). The van der Waals surface area contributed by atoms with Gasteiger partial charge < -0.3 is 9.64 Å². The lowest BCUT2D eigenvalue weighted by Gasteiger charge is -2.32. The van der Waals surface area contributed by atoms with Crippen LogP contribution in [-0.2, 0) is 9.53 Å². The van der Waals surface area contributed by atoms with Gasteiger partial charge in [0, 0.05) is 19.1 Å². The zero-order valence-electron chi connectivity index (χ0n) is 13.9. The molecule has 1 unspecified atom stereocenters. The molecular formula is C16H32N2O2. The fourth-order valence-corrected chi connectivity index (χ4v) is 2.48. The molecule has 0 spiro atoms. The third-order valence-electron chi connectivity index (χ3n) is 3.82. The number of nitrogens with zero attached hydrogens (tertiary/aromatic N) is 1. The molecule has 1 atom stereocenters. The molecule has 0 radical (unpaired) electrons. The Kier molecular flexibility index (Phi) is 6.96. The molecule has 0 heterocycles. The van der Waals surface area contributed by atoms with Gasteiger partial charge in [0.2, 0.25) is 0 Å². The maximum atomic E-state index is 12.2. The first-order valence-corrected chi connectivity index (χ1v) is 8.08. The Morgan fingerprint density at radius 2 is 2.05 bits per heavy atom. The van der Waals surface area contributed by atoms with E-state index in [2.05, 4.69) is 31.0 Å². The van der Waals surface area contributed by atoms with Crippen LogP contribution in [0.4, 0.5) is 0 Å². The summed E-state index contributed by atoms with van der Waals surface area (Å²) in [6, 6.07) is 0.504. The minimum absolute atomic E-state index is 0.104. The number of carbonyl (C=O) groups excluding carboxylic acids is 1. The molecule has 0 bridgehead atoms. The van der Waals surface area contributed by atoms with Crippen molar-refractivity contribution < 1.29 is 9.53 Å². The fraction of sp³-hybridized carbons (Fsp3) is 0.938. The topological polar surface area (TPSA) is 41.6 Å². The number of hydrogen-bond acceptors (Lipinski definition) is 4. The summed E-state index contributed by atoms with van der Waals surface area (Å²) in [7, 11) is 0. The van der Waals surface area contributed by atoms with Crippen LogP contribution in [0, 0.1) is 5.92 Å². The van der Waals surface area contributed by atoms with E-state index in [1.807, 2.05) is 13.8 Å². The second kappa shape index (κ2) is 7.99. The van der Waals surface area contributed by atoms with Crippen molar-refractivity contribution in [1.82, 2.24) is 10.2 Å². The van der Waals surface area contributed by atoms with Crippen molar-refractivity contribution in [3.05, 3.63) is 0 Å². The number of esters is 1. The molecule has 0 saturated heterocycles. The fourth-order valence-electron chi connectivity index (χ4n) is 2.48. The van der Waals surface area contributed by atoms with E-state index in [9.17, 15) is 4.79 Å². The molecule has 20 heavy (non-hydrogen) atoms. The second-order valence-electron chi connectivity index (χ2n) is 6.51. The van der Waals surface area contributed by atoms with Crippen LogP contribution in [0.1, 0.15) is 53.9 Å². The lowest BCUT2D eigenvalue weighted by atomic mass is 9.97. The third kappa shape index (κ3) is 5.80. The Balaban J connectivity index is 2.56. The molecule has 1 N–H and O–H groups in total. The van der Waals surface area contributed by atoms with Gasteiger partial charge in [-0.1, -0.05) is 20.8 Å². The summed E-state index contributed by atoms with van der Waals surface area (Å²) in [6.45, 7) is 14.0. The predicted molar refractivity (Wildman–Crippen MR) is 82.8 cm³/mol.